The van der Waals surface area contributed by atoms with E-state index in [-0.39, 0.29) is 5.50 Å². The van der Waals surface area contributed by atoms with E-state index in [0.29, 0.717) is 0 Å². The van der Waals surface area contributed by atoms with Crippen LogP contribution in [0.15, 0.2) is 18.5 Å². The minimum atomic E-state index is -0.0220. The van der Waals surface area contributed by atoms with Crippen LogP contribution in [0.3, 0.4) is 0 Å². The van der Waals surface area contributed by atoms with Crippen molar-refractivity contribution in [3.05, 3.63) is 24.0 Å². The van der Waals surface area contributed by atoms with E-state index in [2.05, 4.69) is 4.98 Å². The number of H-pyrrole nitrogens is 1. The summed E-state index contributed by atoms with van der Waals surface area (Å²) in [6.45, 7) is 0. The van der Waals surface area contributed by atoms with Crippen molar-refractivity contribution in [1.29, 1.82) is 0 Å². The Morgan fingerprint density at radius 3 is 2.70 bits per heavy atom. The highest BCUT2D eigenvalue weighted by Crippen LogP contribution is 2.20. The number of halogens is 1. The standard InChI is InChI=1S/C7H11ClN2/c1-10(2)7(8)6-3-4-9-5-6/h3-5,7,9H,1-2H3. The smallest absolute Gasteiger partial charge is 0.112 e. The van der Waals surface area contributed by atoms with Crippen LogP contribution in [0.2, 0.25) is 0 Å². The predicted molar refractivity (Wildman–Crippen MR) is 43.1 cm³/mol. The lowest BCUT2D eigenvalue weighted by Crippen LogP contribution is -2.13. The number of nitrogens with zero attached hydrogens (tertiary/aromatic N) is 1. The van der Waals surface area contributed by atoms with Crippen LogP contribution >= 0.6 is 11.6 Å². The largest absolute Gasteiger partial charge is 0.367 e. The Labute approximate surface area is 65.8 Å². The Hall–Kier alpha value is -0.470. The van der Waals surface area contributed by atoms with Crippen LogP contribution < -0.4 is 0 Å². The fourth-order valence-electron chi connectivity index (χ4n) is 0.783. The van der Waals surface area contributed by atoms with Gasteiger partial charge in [-0.15, -0.1) is 11.6 Å². The molecule has 3 heteroatoms. The van der Waals surface area contributed by atoms with E-state index in [1.165, 1.54) is 0 Å². The molecule has 0 amide bonds. The van der Waals surface area contributed by atoms with Crippen molar-refractivity contribution in [2.24, 2.45) is 0 Å². The zero-order valence-electron chi connectivity index (χ0n) is 6.13. The highest BCUT2D eigenvalue weighted by molar-refractivity contribution is 6.20. The fraction of sp³-hybridized carbons (Fsp3) is 0.429. The van der Waals surface area contributed by atoms with Gasteiger partial charge in [0, 0.05) is 18.0 Å². The maximum Gasteiger partial charge on any atom is 0.112 e. The van der Waals surface area contributed by atoms with Gasteiger partial charge in [0.2, 0.25) is 0 Å². The summed E-state index contributed by atoms with van der Waals surface area (Å²) in [6, 6.07) is 1.97. The number of hydrogen-bond donors (Lipinski definition) is 1. The van der Waals surface area contributed by atoms with Crippen LogP contribution in [0.25, 0.3) is 0 Å². The Bertz CT molecular complexity index is 181. The van der Waals surface area contributed by atoms with Gasteiger partial charge >= 0.3 is 0 Å². The maximum atomic E-state index is 5.99. The summed E-state index contributed by atoms with van der Waals surface area (Å²) < 4.78 is 0. The van der Waals surface area contributed by atoms with Gasteiger partial charge in [0.1, 0.15) is 5.50 Å². The molecule has 1 heterocycles. The molecule has 0 aliphatic carbocycles. The minimum Gasteiger partial charge on any atom is -0.367 e. The average molecular weight is 159 g/mol. The normalized spacial score (nSPS) is 14.0. The van der Waals surface area contributed by atoms with Crippen LogP contribution in [0.5, 0.6) is 0 Å². The number of aromatic amines is 1. The first-order chi connectivity index (χ1) is 4.72. The SMILES string of the molecule is CN(C)C(Cl)c1cc[nH]c1. The predicted octanol–water partition coefficient (Wildman–Crippen LogP) is 1.81. The Balaban J connectivity index is 2.68. The van der Waals surface area contributed by atoms with Crippen LogP contribution in [0.4, 0.5) is 0 Å². The summed E-state index contributed by atoms with van der Waals surface area (Å²) in [5.41, 5.74) is 1.08. The van der Waals surface area contributed by atoms with Gasteiger partial charge in [-0.3, -0.25) is 4.90 Å². The first kappa shape index (κ1) is 7.63. The van der Waals surface area contributed by atoms with E-state index in [4.69, 9.17) is 11.6 Å². The molecule has 0 saturated carbocycles. The zero-order valence-corrected chi connectivity index (χ0v) is 6.89. The highest BCUT2D eigenvalue weighted by Gasteiger charge is 2.08. The lowest BCUT2D eigenvalue weighted by molar-refractivity contribution is 0.385. The van der Waals surface area contributed by atoms with Crippen LogP contribution in [0, 0.1) is 0 Å². The summed E-state index contributed by atoms with van der Waals surface area (Å²) in [4.78, 5) is 4.90. The van der Waals surface area contributed by atoms with Gasteiger partial charge in [-0.2, -0.15) is 0 Å². The van der Waals surface area contributed by atoms with Gasteiger partial charge in [-0.05, 0) is 20.2 Å². The van der Waals surface area contributed by atoms with Crippen molar-refractivity contribution in [3.8, 4) is 0 Å². The summed E-state index contributed by atoms with van der Waals surface area (Å²) in [5, 5.41) is 0. The second kappa shape index (κ2) is 3.08. The van der Waals surface area contributed by atoms with Crippen molar-refractivity contribution < 1.29 is 0 Å². The number of nitrogens with one attached hydrogen (secondary N) is 1. The van der Waals surface area contributed by atoms with Gasteiger partial charge < -0.3 is 4.98 Å². The molecule has 56 valence electrons. The van der Waals surface area contributed by atoms with Crippen molar-refractivity contribution >= 4 is 11.6 Å². The van der Waals surface area contributed by atoms with Crippen molar-refractivity contribution in [3.63, 3.8) is 0 Å². The second-order valence-electron chi connectivity index (χ2n) is 2.44. The molecule has 10 heavy (non-hydrogen) atoms. The topological polar surface area (TPSA) is 19.0 Å². The number of rotatable bonds is 2. The van der Waals surface area contributed by atoms with E-state index < -0.39 is 0 Å². The quantitative estimate of drug-likeness (QED) is 0.514. The first-order valence-electron chi connectivity index (χ1n) is 3.15. The summed E-state index contributed by atoms with van der Waals surface area (Å²) in [5.74, 6) is 0. The summed E-state index contributed by atoms with van der Waals surface area (Å²) in [6.07, 6.45) is 3.77. The monoisotopic (exact) mass is 158 g/mol. The molecule has 1 unspecified atom stereocenters. The highest BCUT2D eigenvalue weighted by atomic mass is 35.5. The fourth-order valence-corrected chi connectivity index (χ4v) is 0.919. The molecule has 1 aromatic heterocycles. The first-order valence-corrected chi connectivity index (χ1v) is 3.58. The van der Waals surface area contributed by atoms with Crippen molar-refractivity contribution in [2.45, 2.75) is 5.50 Å². The van der Waals surface area contributed by atoms with Gasteiger partial charge in [0.15, 0.2) is 0 Å². The molecule has 1 rings (SSSR count). The Morgan fingerprint density at radius 1 is 1.60 bits per heavy atom. The summed E-state index contributed by atoms with van der Waals surface area (Å²) >= 11 is 5.99. The van der Waals surface area contributed by atoms with E-state index >= 15 is 0 Å². The van der Waals surface area contributed by atoms with Gasteiger partial charge in [-0.1, -0.05) is 0 Å². The molecule has 0 radical (unpaired) electrons. The van der Waals surface area contributed by atoms with Gasteiger partial charge in [0.25, 0.3) is 0 Å². The molecular formula is C7H11ClN2. The summed E-state index contributed by atoms with van der Waals surface area (Å²) in [7, 11) is 3.90. The van der Waals surface area contributed by atoms with E-state index in [1.54, 1.807) is 0 Å². The van der Waals surface area contributed by atoms with Crippen LogP contribution in [-0.4, -0.2) is 24.0 Å². The molecular weight excluding hydrogens is 148 g/mol. The third kappa shape index (κ3) is 1.52. The van der Waals surface area contributed by atoms with Crippen LogP contribution in [-0.2, 0) is 0 Å². The Morgan fingerprint density at radius 2 is 2.30 bits per heavy atom. The molecule has 0 aromatic carbocycles. The third-order valence-corrected chi connectivity index (χ3v) is 1.99. The minimum absolute atomic E-state index is 0.0220. The molecule has 1 aromatic rings. The maximum absolute atomic E-state index is 5.99. The van der Waals surface area contributed by atoms with E-state index in [0.717, 1.165) is 5.56 Å². The molecule has 0 bridgehead atoms. The lowest BCUT2D eigenvalue weighted by Gasteiger charge is -2.15. The molecule has 1 N–H and O–H groups in total. The lowest BCUT2D eigenvalue weighted by atomic mass is 10.3. The molecule has 0 aliphatic rings. The average Bonchev–Trinajstić information content (AvgIpc) is 2.36. The van der Waals surface area contributed by atoms with E-state index in [1.807, 2.05) is 37.5 Å². The zero-order chi connectivity index (χ0) is 7.56. The molecule has 0 spiro atoms. The molecule has 1 atom stereocenters. The van der Waals surface area contributed by atoms with Crippen LogP contribution in [0.1, 0.15) is 11.1 Å². The molecule has 0 fully saturated rings. The Kier molecular flexibility index (Phi) is 2.35. The number of aromatic nitrogens is 1. The second-order valence-corrected chi connectivity index (χ2v) is 2.86. The third-order valence-electron chi connectivity index (χ3n) is 1.35. The van der Waals surface area contributed by atoms with Crippen molar-refractivity contribution in [2.75, 3.05) is 14.1 Å². The molecule has 0 saturated heterocycles. The van der Waals surface area contributed by atoms with Gasteiger partial charge in [-0.25, -0.2) is 0 Å². The van der Waals surface area contributed by atoms with Crippen molar-refractivity contribution in [1.82, 2.24) is 9.88 Å². The molecule has 0 aliphatic heterocycles. The van der Waals surface area contributed by atoms with Gasteiger partial charge in [0.05, 0.1) is 0 Å². The number of alkyl halides is 1. The molecule has 2 nitrogen and oxygen atoms in total. The number of hydrogen-bond acceptors (Lipinski definition) is 1. The van der Waals surface area contributed by atoms with E-state index in [9.17, 15) is 0 Å².